The lowest BCUT2D eigenvalue weighted by Crippen LogP contribution is -2.46. The molecule has 0 radical (unpaired) electrons. The van der Waals surface area contributed by atoms with Crippen molar-refractivity contribution >= 4 is 41.1 Å². The van der Waals surface area contributed by atoms with E-state index >= 15 is 0 Å². The third-order valence-corrected chi connectivity index (χ3v) is 4.82. The van der Waals surface area contributed by atoms with Gasteiger partial charge in [-0.25, -0.2) is 4.79 Å². The molecule has 1 fully saturated rings. The van der Waals surface area contributed by atoms with Crippen LogP contribution in [0.15, 0.2) is 18.2 Å². The van der Waals surface area contributed by atoms with Crippen molar-refractivity contribution in [3.8, 4) is 0 Å². The minimum atomic E-state index is -0.989. The van der Waals surface area contributed by atoms with E-state index in [1.807, 2.05) is 6.92 Å². The molecule has 1 saturated heterocycles. The molecule has 27 heavy (non-hydrogen) atoms. The number of hydrogen-bond donors (Lipinski definition) is 2. The van der Waals surface area contributed by atoms with Crippen molar-refractivity contribution in [3.05, 3.63) is 28.8 Å². The molecule has 1 aromatic carbocycles. The van der Waals surface area contributed by atoms with Gasteiger partial charge in [0.2, 0.25) is 0 Å². The minimum Gasteiger partial charge on any atom is -0.454 e. The lowest BCUT2D eigenvalue weighted by Gasteiger charge is -2.22. The molecular formula is C18H22ClN3O5. The first kappa shape index (κ1) is 20.7. The highest BCUT2D eigenvalue weighted by atomic mass is 35.5. The number of rotatable bonds is 7. The maximum Gasteiger partial charge on any atom is 0.326 e. The molecule has 0 spiro atoms. The molecule has 1 heterocycles. The lowest BCUT2D eigenvalue weighted by molar-refractivity contribution is -0.150. The van der Waals surface area contributed by atoms with Crippen molar-refractivity contribution in [2.24, 2.45) is 0 Å². The van der Waals surface area contributed by atoms with Crippen LogP contribution in [0.25, 0.3) is 0 Å². The van der Waals surface area contributed by atoms with E-state index in [9.17, 15) is 19.2 Å². The second kappa shape index (κ2) is 8.39. The Labute approximate surface area is 162 Å². The third-order valence-electron chi connectivity index (χ3n) is 4.50. The van der Waals surface area contributed by atoms with Gasteiger partial charge in [0.15, 0.2) is 6.61 Å². The van der Waals surface area contributed by atoms with E-state index in [4.69, 9.17) is 16.3 Å². The molecule has 0 saturated carbocycles. The van der Waals surface area contributed by atoms with Gasteiger partial charge in [0.05, 0.1) is 10.7 Å². The van der Waals surface area contributed by atoms with Crippen LogP contribution in [0.4, 0.5) is 10.5 Å². The standard InChI is InChI=1S/C18H22ClN3O5/c1-4-18(5-2)16(25)22(17(26)21-18)9-15(24)27-10-14(23)20-13-7-6-11(3)8-12(13)19/h6-8H,4-5,9-10H2,1-3H3,(H,20,23)(H,21,26). The highest BCUT2D eigenvalue weighted by Crippen LogP contribution is 2.25. The number of nitrogens with one attached hydrogen (secondary N) is 2. The van der Waals surface area contributed by atoms with E-state index in [0.29, 0.717) is 23.6 Å². The molecule has 0 aromatic heterocycles. The van der Waals surface area contributed by atoms with Gasteiger partial charge in [-0.1, -0.05) is 31.5 Å². The van der Waals surface area contributed by atoms with Crippen LogP contribution < -0.4 is 10.6 Å². The number of ether oxygens (including phenoxy) is 1. The summed E-state index contributed by atoms with van der Waals surface area (Å²) < 4.78 is 4.87. The molecule has 8 nitrogen and oxygen atoms in total. The van der Waals surface area contributed by atoms with E-state index in [0.717, 1.165) is 10.5 Å². The number of carbonyl (C=O) groups excluding carboxylic acids is 4. The number of benzene rings is 1. The molecule has 1 aliphatic heterocycles. The van der Waals surface area contributed by atoms with Crippen molar-refractivity contribution in [3.63, 3.8) is 0 Å². The molecule has 1 aromatic rings. The molecule has 0 atom stereocenters. The maximum atomic E-state index is 12.4. The maximum absolute atomic E-state index is 12.4. The van der Waals surface area contributed by atoms with Gasteiger partial charge in [-0.2, -0.15) is 0 Å². The van der Waals surface area contributed by atoms with E-state index in [1.54, 1.807) is 32.0 Å². The van der Waals surface area contributed by atoms with Crippen molar-refractivity contribution in [2.75, 3.05) is 18.5 Å². The monoisotopic (exact) mass is 395 g/mol. The summed E-state index contributed by atoms with van der Waals surface area (Å²) in [6, 6.07) is 4.46. The van der Waals surface area contributed by atoms with Gasteiger partial charge >= 0.3 is 12.0 Å². The molecule has 4 amide bonds. The highest BCUT2D eigenvalue weighted by Gasteiger charge is 2.49. The summed E-state index contributed by atoms with van der Waals surface area (Å²) in [6.45, 7) is 4.32. The Balaban J connectivity index is 1.88. The Bertz CT molecular complexity index is 776. The second-order valence-corrected chi connectivity index (χ2v) is 6.71. The Morgan fingerprint density at radius 3 is 2.48 bits per heavy atom. The van der Waals surface area contributed by atoms with E-state index < -0.39 is 42.5 Å². The SMILES string of the molecule is CCC1(CC)NC(=O)N(CC(=O)OCC(=O)Nc2ccc(C)cc2Cl)C1=O. The smallest absolute Gasteiger partial charge is 0.326 e. The fraction of sp³-hybridized carbons (Fsp3) is 0.444. The van der Waals surface area contributed by atoms with Crippen molar-refractivity contribution in [1.29, 1.82) is 0 Å². The number of amides is 4. The average molecular weight is 396 g/mol. The molecule has 0 bridgehead atoms. The van der Waals surface area contributed by atoms with Crippen LogP contribution >= 0.6 is 11.6 Å². The number of esters is 1. The van der Waals surface area contributed by atoms with Crippen LogP contribution in [0.1, 0.15) is 32.3 Å². The average Bonchev–Trinajstić information content (AvgIpc) is 2.87. The first-order valence-corrected chi connectivity index (χ1v) is 8.96. The molecule has 9 heteroatoms. The van der Waals surface area contributed by atoms with Crippen molar-refractivity contribution < 1.29 is 23.9 Å². The van der Waals surface area contributed by atoms with Gasteiger partial charge in [0.25, 0.3) is 11.8 Å². The number of anilines is 1. The summed E-state index contributed by atoms with van der Waals surface area (Å²) in [4.78, 5) is 49.1. The quantitative estimate of drug-likeness (QED) is 0.544. The van der Waals surface area contributed by atoms with Crippen molar-refractivity contribution in [1.82, 2.24) is 10.2 Å². The number of urea groups is 1. The summed E-state index contributed by atoms with van der Waals surface area (Å²) in [5.41, 5.74) is 0.345. The highest BCUT2D eigenvalue weighted by molar-refractivity contribution is 6.33. The van der Waals surface area contributed by atoms with Crippen LogP contribution in [-0.4, -0.2) is 47.4 Å². The van der Waals surface area contributed by atoms with Gasteiger partial charge in [-0.15, -0.1) is 0 Å². The summed E-state index contributed by atoms with van der Waals surface area (Å²) in [6.07, 6.45) is 0.832. The first-order valence-electron chi connectivity index (χ1n) is 8.58. The Morgan fingerprint density at radius 2 is 1.93 bits per heavy atom. The minimum absolute atomic E-state index is 0.365. The number of nitrogens with zero attached hydrogens (tertiary/aromatic N) is 1. The van der Waals surface area contributed by atoms with Crippen LogP contribution in [0.5, 0.6) is 0 Å². The predicted molar refractivity (Wildman–Crippen MR) is 99.3 cm³/mol. The summed E-state index contributed by atoms with van der Waals surface area (Å²) >= 11 is 6.02. The number of hydrogen-bond acceptors (Lipinski definition) is 5. The number of carbonyl (C=O) groups is 4. The lowest BCUT2D eigenvalue weighted by atomic mass is 9.93. The topological polar surface area (TPSA) is 105 Å². The van der Waals surface area contributed by atoms with Crippen molar-refractivity contribution in [2.45, 2.75) is 39.2 Å². The van der Waals surface area contributed by atoms with Gasteiger partial charge in [0.1, 0.15) is 12.1 Å². The van der Waals surface area contributed by atoms with Crippen LogP contribution in [0, 0.1) is 6.92 Å². The number of halogens is 1. The molecule has 0 aliphatic carbocycles. The molecule has 0 unspecified atom stereocenters. The molecule has 2 N–H and O–H groups in total. The molecule has 1 aliphatic rings. The summed E-state index contributed by atoms with van der Waals surface area (Å²) in [7, 11) is 0. The second-order valence-electron chi connectivity index (χ2n) is 6.30. The normalized spacial score (nSPS) is 15.5. The fourth-order valence-corrected chi connectivity index (χ4v) is 3.06. The van der Waals surface area contributed by atoms with E-state index in [1.165, 1.54) is 0 Å². The Kier molecular flexibility index (Phi) is 6.43. The Morgan fingerprint density at radius 1 is 1.26 bits per heavy atom. The van der Waals surface area contributed by atoms with Crippen LogP contribution in [0.2, 0.25) is 5.02 Å². The van der Waals surface area contributed by atoms with Crippen LogP contribution in [-0.2, 0) is 19.1 Å². The first-order chi connectivity index (χ1) is 12.7. The van der Waals surface area contributed by atoms with E-state index in [2.05, 4.69) is 10.6 Å². The zero-order chi connectivity index (χ0) is 20.2. The van der Waals surface area contributed by atoms with Gasteiger partial charge in [0, 0.05) is 0 Å². The zero-order valence-electron chi connectivity index (χ0n) is 15.4. The van der Waals surface area contributed by atoms with E-state index in [-0.39, 0.29) is 0 Å². The third kappa shape index (κ3) is 4.57. The van der Waals surface area contributed by atoms with Gasteiger partial charge in [-0.05, 0) is 37.5 Å². The summed E-state index contributed by atoms with van der Waals surface area (Å²) in [5.74, 6) is -1.90. The zero-order valence-corrected chi connectivity index (χ0v) is 16.2. The molecular weight excluding hydrogens is 374 g/mol. The largest absolute Gasteiger partial charge is 0.454 e. The predicted octanol–water partition coefficient (Wildman–Crippen LogP) is 2.24. The Hall–Kier alpha value is -2.61. The fourth-order valence-electron chi connectivity index (χ4n) is 2.78. The molecule has 146 valence electrons. The summed E-state index contributed by atoms with van der Waals surface area (Å²) in [5, 5.41) is 5.51. The van der Waals surface area contributed by atoms with Gasteiger partial charge in [-0.3, -0.25) is 19.3 Å². The number of imide groups is 1. The van der Waals surface area contributed by atoms with Crippen LogP contribution in [0.3, 0.4) is 0 Å². The molecule has 2 rings (SSSR count). The van der Waals surface area contributed by atoms with Gasteiger partial charge < -0.3 is 15.4 Å². The number of aryl methyl sites for hydroxylation is 1.